The number of fused-ring (bicyclic) bond motifs is 1. The predicted octanol–water partition coefficient (Wildman–Crippen LogP) is 5.19. The number of anilines is 1. The second kappa shape index (κ2) is 7.21. The van der Waals surface area contributed by atoms with Crippen molar-refractivity contribution in [2.75, 3.05) is 11.9 Å². The van der Waals surface area contributed by atoms with Crippen molar-refractivity contribution in [1.29, 1.82) is 0 Å². The van der Waals surface area contributed by atoms with Gasteiger partial charge in [0.15, 0.2) is 5.11 Å². The molecule has 1 atom stereocenters. The monoisotopic (exact) mass is 429 g/mol. The lowest BCUT2D eigenvalue weighted by Gasteiger charge is -2.39. The maximum atomic E-state index is 13.4. The molecule has 0 saturated carbocycles. The molecule has 26 heavy (non-hydrogen) atoms. The van der Waals surface area contributed by atoms with E-state index < -0.39 is 0 Å². The molecular formula is C20H17BrFN3S. The van der Waals surface area contributed by atoms with Gasteiger partial charge in [-0.2, -0.15) is 0 Å². The minimum Gasteiger partial charge on any atom is -0.348 e. The molecule has 3 aromatic rings. The quantitative estimate of drug-likeness (QED) is 0.565. The lowest BCUT2D eigenvalue weighted by Crippen LogP contribution is -2.44. The van der Waals surface area contributed by atoms with Crippen molar-refractivity contribution in [2.45, 2.75) is 12.6 Å². The zero-order valence-corrected chi connectivity index (χ0v) is 16.3. The summed E-state index contributed by atoms with van der Waals surface area (Å²) in [6.07, 6.45) is 2.08. The highest BCUT2D eigenvalue weighted by Gasteiger charge is 2.30. The lowest BCUT2D eigenvalue weighted by molar-refractivity contribution is 0.293. The molecule has 3 nitrogen and oxygen atoms in total. The van der Waals surface area contributed by atoms with E-state index >= 15 is 0 Å². The Morgan fingerprint density at radius 1 is 1.08 bits per heavy atom. The van der Waals surface area contributed by atoms with Crippen molar-refractivity contribution >= 4 is 38.9 Å². The highest BCUT2D eigenvalue weighted by Crippen LogP contribution is 2.33. The minimum absolute atomic E-state index is 0.0495. The number of hydrogen-bond donors (Lipinski definition) is 1. The predicted molar refractivity (Wildman–Crippen MR) is 110 cm³/mol. The second-order valence-electron chi connectivity index (χ2n) is 6.21. The van der Waals surface area contributed by atoms with E-state index in [-0.39, 0.29) is 11.9 Å². The van der Waals surface area contributed by atoms with Crippen LogP contribution in [0, 0.1) is 5.82 Å². The van der Waals surface area contributed by atoms with Crippen molar-refractivity contribution < 1.29 is 4.39 Å². The highest BCUT2D eigenvalue weighted by molar-refractivity contribution is 9.10. The van der Waals surface area contributed by atoms with Gasteiger partial charge < -0.3 is 14.8 Å². The maximum absolute atomic E-state index is 13.4. The molecule has 0 aliphatic carbocycles. The van der Waals surface area contributed by atoms with Crippen molar-refractivity contribution in [3.8, 4) is 0 Å². The van der Waals surface area contributed by atoms with Gasteiger partial charge in [0.25, 0.3) is 0 Å². The van der Waals surface area contributed by atoms with E-state index in [1.807, 2.05) is 42.5 Å². The van der Waals surface area contributed by atoms with E-state index in [9.17, 15) is 4.39 Å². The smallest absolute Gasteiger partial charge is 0.174 e. The van der Waals surface area contributed by atoms with E-state index in [1.165, 1.54) is 12.1 Å². The van der Waals surface area contributed by atoms with Crippen molar-refractivity contribution in [3.05, 3.63) is 88.4 Å². The van der Waals surface area contributed by atoms with Crippen LogP contribution in [-0.4, -0.2) is 21.1 Å². The van der Waals surface area contributed by atoms with E-state index in [0.29, 0.717) is 5.11 Å². The average molecular weight is 430 g/mol. The Labute approximate surface area is 165 Å². The van der Waals surface area contributed by atoms with Crippen LogP contribution in [0.5, 0.6) is 0 Å². The van der Waals surface area contributed by atoms with Crippen LogP contribution in [0.15, 0.2) is 71.3 Å². The van der Waals surface area contributed by atoms with Gasteiger partial charge in [0.1, 0.15) is 5.82 Å². The molecule has 0 saturated heterocycles. The number of thiocarbonyl (C=S) groups is 1. The number of halogens is 2. The van der Waals surface area contributed by atoms with Gasteiger partial charge in [-0.3, -0.25) is 0 Å². The van der Waals surface area contributed by atoms with Crippen LogP contribution >= 0.6 is 28.1 Å². The fourth-order valence-corrected chi connectivity index (χ4v) is 4.07. The second-order valence-corrected chi connectivity index (χ2v) is 7.52. The first-order chi connectivity index (χ1) is 12.6. The molecule has 132 valence electrons. The zero-order valence-electron chi connectivity index (χ0n) is 13.9. The molecule has 0 spiro atoms. The third-order valence-electron chi connectivity index (χ3n) is 4.56. The Balaban J connectivity index is 1.67. The summed E-state index contributed by atoms with van der Waals surface area (Å²) in [7, 11) is 0. The van der Waals surface area contributed by atoms with Gasteiger partial charge in [0.05, 0.1) is 6.04 Å². The maximum Gasteiger partial charge on any atom is 0.174 e. The summed E-state index contributed by atoms with van der Waals surface area (Å²) < 4.78 is 16.6. The number of benzene rings is 2. The molecule has 1 aliphatic rings. The molecule has 0 bridgehead atoms. The summed E-state index contributed by atoms with van der Waals surface area (Å²) in [4.78, 5) is 2.17. The van der Waals surface area contributed by atoms with Crippen molar-refractivity contribution in [3.63, 3.8) is 0 Å². The topological polar surface area (TPSA) is 20.2 Å². The van der Waals surface area contributed by atoms with Crippen molar-refractivity contribution in [1.82, 2.24) is 9.47 Å². The van der Waals surface area contributed by atoms with Gasteiger partial charge in [-0.1, -0.05) is 34.1 Å². The molecule has 0 fully saturated rings. The van der Waals surface area contributed by atoms with Crippen LogP contribution in [-0.2, 0) is 6.54 Å². The summed E-state index contributed by atoms with van der Waals surface area (Å²) in [6.45, 7) is 1.64. The Morgan fingerprint density at radius 2 is 1.88 bits per heavy atom. The van der Waals surface area contributed by atoms with E-state index in [0.717, 1.165) is 34.5 Å². The van der Waals surface area contributed by atoms with Crippen molar-refractivity contribution in [2.24, 2.45) is 0 Å². The fourth-order valence-electron chi connectivity index (χ4n) is 3.36. The summed E-state index contributed by atoms with van der Waals surface area (Å²) in [5.41, 5.74) is 3.11. The first-order valence-electron chi connectivity index (χ1n) is 8.35. The number of rotatable bonds is 2. The van der Waals surface area contributed by atoms with Crippen LogP contribution < -0.4 is 5.32 Å². The van der Waals surface area contributed by atoms with E-state index in [1.54, 1.807) is 0 Å². The summed E-state index contributed by atoms with van der Waals surface area (Å²) in [5, 5.41) is 3.99. The molecule has 2 aromatic carbocycles. The third kappa shape index (κ3) is 3.39. The van der Waals surface area contributed by atoms with Gasteiger partial charge in [-0.05, 0) is 60.2 Å². The highest BCUT2D eigenvalue weighted by atomic mass is 79.9. The van der Waals surface area contributed by atoms with Crippen LogP contribution in [0.25, 0.3) is 0 Å². The largest absolute Gasteiger partial charge is 0.348 e. The minimum atomic E-state index is -0.235. The van der Waals surface area contributed by atoms with Crippen LogP contribution in [0.2, 0.25) is 0 Å². The normalized spacial score (nSPS) is 16.2. The Hall–Kier alpha value is -2.18. The summed E-state index contributed by atoms with van der Waals surface area (Å²) in [5.74, 6) is -0.235. The van der Waals surface area contributed by atoms with Gasteiger partial charge in [0.2, 0.25) is 0 Å². The molecular weight excluding hydrogens is 413 g/mol. The zero-order chi connectivity index (χ0) is 18.1. The lowest BCUT2D eigenvalue weighted by atomic mass is 10.0. The standard InChI is InChI=1S/C20H17BrFN3S/c21-15-3-1-4-17(13-15)23-20(26)25-12-11-24-10-2-5-18(24)19(25)14-6-8-16(22)9-7-14/h1-10,13,19H,11-12H2,(H,23,26)/t19-/m0/s1. The Kier molecular flexibility index (Phi) is 4.78. The van der Waals surface area contributed by atoms with E-state index in [4.69, 9.17) is 12.2 Å². The van der Waals surface area contributed by atoms with Gasteiger partial charge in [0, 0.05) is 35.1 Å². The molecule has 1 N–H and O–H groups in total. The summed E-state index contributed by atoms with van der Waals surface area (Å²) in [6, 6.07) is 18.7. The van der Waals surface area contributed by atoms with Gasteiger partial charge >= 0.3 is 0 Å². The van der Waals surface area contributed by atoms with Gasteiger partial charge in [-0.25, -0.2) is 4.39 Å². The molecule has 0 unspecified atom stereocenters. The van der Waals surface area contributed by atoms with Crippen LogP contribution in [0.3, 0.4) is 0 Å². The average Bonchev–Trinajstić information content (AvgIpc) is 3.10. The molecule has 4 rings (SSSR count). The Bertz CT molecular complexity index is 938. The Morgan fingerprint density at radius 3 is 2.65 bits per heavy atom. The molecule has 0 amide bonds. The van der Waals surface area contributed by atoms with Gasteiger partial charge in [-0.15, -0.1) is 0 Å². The molecule has 0 radical (unpaired) electrons. The molecule has 1 aromatic heterocycles. The number of hydrogen-bond acceptors (Lipinski definition) is 1. The van der Waals surface area contributed by atoms with Crippen LogP contribution in [0.1, 0.15) is 17.3 Å². The van der Waals surface area contributed by atoms with Crippen LogP contribution in [0.4, 0.5) is 10.1 Å². The molecule has 6 heteroatoms. The first-order valence-corrected chi connectivity index (χ1v) is 9.55. The number of aromatic nitrogens is 1. The van der Waals surface area contributed by atoms with E-state index in [2.05, 4.69) is 43.0 Å². The number of nitrogens with zero attached hydrogens (tertiary/aromatic N) is 2. The third-order valence-corrected chi connectivity index (χ3v) is 5.39. The molecule has 1 aliphatic heterocycles. The fraction of sp³-hybridized carbons (Fsp3) is 0.150. The summed E-state index contributed by atoms with van der Waals surface area (Å²) >= 11 is 9.21. The SMILES string of the molecule is Fc1ccc([C@H]2c3cccn3CCN2C(=S)Nc2cccc(Br)c2)cc1. The molecule has 2 heterocycles. The first kappa shape index (κ1) is 17.2. The number of nitrogens with one attached hydrogen (secondary N) is 1.